The Balaban J connectivity index is 4.29. The Labute approximate surface area is 96.0 Å². The molecule has 0 aliphatic heterocycles. The lowest BCUT2D eigenvalue weighted by Gasteiger charge is -2.19. The molecule has 16 heavy (non-hydrogen) atoms. The first-order chi connectivity index (χ1) is 7.65. The molecule has 5 heteroatoms. The number of carbonyl (C=O) groups excluding carboxylic acids is 2. The minimum atomic E-state index is -0.406. The summed E-state index contributed by atoms with van der Waals surface area (Å²) in [6.07, 6.45) is 3.04. The quantitative estimate of drug-likeness (QED) is 0.474. The van der Waals surface area contributed by atoms with Crippen LogP contribution in [0, 0.1) is 0 Å². The Morgan fingerprint density at radius 1 is 1.38 bits per heavy atom. The van der Waals surface area contributed by atoms with Gasteiger partial charge in [0, 0.05) is 13.7 Å². The first-order valence-corrected chi connectivity index (χ1v) is 5.21. The third-order valence-corrected chi connectivity index (χ3v) is 1.81. The summed E-state index contributed by atoms with van der Waals surface area (Å²) in [6, 6.07) is 0. The maximum absolute atomic E-state index is 11.6. The first kappa shape index (κ1) is 14.6. The molecule has 0 N–H and O–H groups in total. The minimum Gasteiger partial charge on any atom is -0.465 e. The normalized spacial score (nSPS) is 10.4. The van der Waals surface area contributed by atoms with Gasteiger partial charge in [0.25, 0.3) is 0 Å². The summed E-state index contributed by atoms with van der Waals surface area (Å²) in [7, 11) is 1.54. The summed E-state index contributed by atoms with van der Waals surface area (Å²) in [5.41, 5.74) is 0. The molecule has 0 bridgehead atoms. The smallest absolute Gasteiger partial charge is 0.325 e. The summed E-state index contributed by atoms with van der Waals surface area (Å²) >= 11 is 0. The van der Waals surface area contributed by atoms with Crippen molar-refractivity contribution in [1.82, 2.24) is 4.90 Å². The van der Waals surface area contributed by atoms with E-state index in [-0.39, 0.29) is 12.5 Å². The Hall–Kier alpha value is -1.36. The van der Waals surface area contributed by atoms with Gasteiger partial charge in [-0.25, -0.2) is 0 Å². The molecule has 0 aromatic rings. The summed E-state index contributed by atoms with van der Waals surface area (Å²) in [5.74, 6) is -0.621. The van der Waals surface area contributed by atoms with Gasteiger partial charge in [0.05, 0.1) is 13.2 Å². The number of hydrogen-bond acceptors (Lipinski definition) is 4. The zero-order chi connectivity index (χ0) is 12.4. The fourth-order valence-corrected chi connectivity index (χ4v) is 1.08. The van der Waals surface area contributed by atoms with Crippen LogP contribution in [0.3, 0.4) is 0 Å². The summed E-state index contributed by atoms with van der Waals surface area (Å²) in [6.45, 7) is 4.51. The highest BCUT2D eigenvalue weighted by molar-refractivity contribution is 5.90. The van der Waals surface area contributed by atoms with Crippen LogP contribution in [0.4, 0.5) is 0 Å². The minimum absolute atomic E-state index is 0.0413. The zero-order valence-electron chi connectivity index (χ0n) is 10.1. The summed E-state index contributed by atoms with van der Waals surface area (Å²) in [5, 5.41) is 0. The number of rotatable bonds is 7. The molecular formula is C11H19NO4. The molecule has 0 aliphatic carbocycles. The van der Waals surface area contributed by atoms with E-state index in [0.717, 1.165) is 0 Å². The van der Waals surface area contributed by atoms with Crippen LogP contribution >= 0.6 is 0 Å². The first-order valence-electron chi connectivity index (χ1n) is 5.21. The van der Waals surface area contributed by atoms with E-state index in [1.807, 2.05) is 0 Å². The second kappa shape index (κ2) is 8.91. The number of hydrogen-bond donors (Lipinski definition) is 0. The van der Waals surface area contributed by atoms with Gasteiger partial charge < -0.3 is 14.4 Å². The summed E-state index contributed by atoms with van der Waals surface area (Å²) in [4.78, 5) is 24.2. The maximum Gasteiger partial charge on any atom is 0.325 e. The second-order valence-corrected chi connectivity index (χ2v) is 3.06. The molecule has 0 rings (SSSR count). The van der Waals surface area contributed by atoms with Crippen LogP contribution in [-0.4, -0.2) is 50.2 Å². The predicted octanol–water partition coefficient (Wildman–Crippen LogP) is 0.601. The lowest BCUT2D eigenvalue weighted by Crippen LogP contribution is -2.37. The van der Waals surface area contributed by atoms with Gasteiger partial charge in [-0.05, 0) is 19.9 Å². The van der Waals surface area contributed by atoms with Crippen molar-refractivity contribution in [2.45, 2.75) is 13.8 Å². The van der Waals surface area contributed by atoms with E-state index in [9.17, 15) is 9.59 Å². The third kappa shape index (κ3) is 6.19. The number of allylic oxidation sites excluding steroid dienone is 1. The van der Waals surface area contributed by atoms with E-state index in [4.69, 9.17) is 9.47 Å². The molecule has 0 radical (unpaired) electrons. The van der Waals surface area contributed by atoms with Gasteiger partial charge >= 0.3 is 5.97 Å². The van der Waals surface area contributed by atoms with Crippen LogP contribution in [0.15, 0.2) is 12.2 Å². The number of esters is 1. The van der Waals surface area contributed by atoms with Crippen molar-refractivity contribution in [3.63, 3.8) is 0 Å². The highest BCUT2D eigenvalue weighted by Crippen LogP contribution is 1.94. The fourth-order valence-electron chi connectivity index (χ4n) is 1.08. The monoisotopic (exact) mass is 229 g/mol. The Morgan fingerprint density at radius 2 is 2.06 bits per heavy atom. The van der Waals surface area contributed by atoms with E-state index in [2.05, 4.69) is 0 Å². The molecular weight excluding hydrogens is 210 g/mol. The molecule has 0 saturated carbocycles. The lowest BCUT2D eigenvalue weighted by molar-refractivity contribution is -0.148. The van der Waals surface area contributed by atoms with Gasteiger partial charge in [-0.1, -0.05) is 6.08 Å². The molecule has 0 aliphatic rings. The fraction of sp³-hybridized carbons (Fsp3) is 0.636. The van der Waals surface area contributed by atoms with Gasteiger partial charge in [0.1, 0.15) is 6.54 Å². The molecule has 5 nitrogen and oxygen atoms in total. The topological polar surface area (TPSA) is 55.8 Å². The van der Waals surface area contributed by atoms with Crippen LogP contribution in [0.25, 0.3) is 0 Å². The zero-order valence-corrected chi connectivity index (χ0v) is 10.1. The molecule has 0 atom stereocenters. The van der Waals surface area contributed by atoms with Crippen molar-refractivity contribution in [3.8, 4) is 0 Å². The number of ether oxygens (including phenoxy) is 2. The number of carbonyl (C=O) groups is 2. The van der Waals surface area contributed by atoms with Crippen LogP contribution in [0.1, 0.15) is 13.8 Å². The van der Waals surface area contributed by atoms with Gasteiger partial charge in [-0.2, -0.15) is 0 Å². The maximum atomic E-state index is 11.6. The van der Waals surface area contributed by atoms with Crippen molar-refractivity contribution >= 4 is 11.9 Å². The Kier molecular flexibility index (Phi) is 8.15. The van der Waals surface area contributed by atoms with Crippen molar-refractivity contribution in [3.05, 3.63) is 12.2 Å². The molecule has 1 amide bonds. The lowest BCUT2D eigenvalue weighted by atomic mass is 10.4. The average Bonchev–Trinajstić information content (AvgIpc) is 2.24. The van der Waals surface area contributed by atoms with Gasteiger partial charge in [-0.15, -0.1) is 0 Å². The van der Waals surface area contributed by atoms with Crippen molar-refractivity contribution in [1.29, 1.82) is 0 Å². The van der Waals surface area contributed by atoms with Gasteiger partial charge in [0.2, 0.25) is 5.91 Å². The third-order valence-electron chi connectivity index (χ3n) is 1.81. The van der Waals surface area contributed by atoms with Crippen molar-refractivity contribution in [2.24, 2.45) is 0 Å². The van der Waals surface area contributed by atoms with Crippen molar-refractivity contribution in [2.75, 3.05) is 33.4 Å². The molecule has 0 saturated heterocycles. The number of nitrogens with zero attached hydrogens (tertiary/aromatic N) is 1. The second-order valence-electron chi connectivity index (χ2n) is 3.06. The number of amides is 1. The van der Waals surface area contributed by atoms with E-state index in [1.54, 1.807) is 27.0 Å². The van der Waals surface area contributed by atoms with Gasteiger partial charge in [-0.3, -0.25) is 9.59 Å². The molecule has 0 unspecified atom stereocenters. The molecule has 0 spiro atoms. The Bertz CT molecular complexity index is 250. The molecule has 0 aromatic heterocycles. The van der Waals surface area contributed by atoms with E-state index >= 15 is 0 Å². The molecule has 0 heterocycles. The SMILES string of the molecule is CC=CC(=O)N(CCOC)CC(=O)OCC. The molecule has 0 aromatic carbocycles. The molecule has 0 fully saturated rings. The van der Waals surface area contributed by atoms with Crippen LogP contribution in [-0.2, 0) is 19.1 Å². The highest BCUT2D eigenvalue weighted by atomic mass is 16.5. The summed E-state index contributed by atoms with van der Waals surface area (Å²) < 4.78 is 9.65. The molecule has 92 valence electrons. The van der Waals surface area contributed by atoms with Crippen LogP contribution < -0.4 is 0 Å². The van der Waals surface area contributed by atoms with Crippen LogP contribution in [0.2, 0.25) is 0 Å². The standard InChI is InChI=1S/C11H19NO4/c1-4-6-10(13)12(7-8-15-3)9-11(14)16-5-2/h4,6H,5,7-9H2,1-3H3. The van der Waals surface area contributed by atoms with Crippen molar-refractivity contribution < 1.29 is 19.1 Å². The number of methoxy groups -OCH3 is 1. The average molecular weight is 229 g/mol. The van der Waals surface area contributed by atoms with E-state index in [1.165, 1.54) is 11.0 Å². The van der Waals surface area contributed by atoms with Crippen LogP contribution in [0.5, 0.6) is 0 Å². The van der Waals surface area contributed by atoms with E-state index < -0.39 is 5.97 Å². The largest absolute Gasteiger partial charge is 0.465 e. The van der Waals surface area contributed by atoms with E-state index in [0.29, 0.717) is 19.8 Å². The van der Waals surface area contributed by atoms with Gasteiger partial charge in [0.15, 0.2) is 0 Å². The highest BCUT2D eigenvalue weighted by Gasteiger charge is 2.14. The predicted molar refractivity (Wildman–Crippen MR) is 59.9 cm³/mol. The Morgan fingerprint density at radius 3 is 2.56 bits per heavy atom.